The van der Waals surface area contributed by atoms with Crippen molar-refractivity contribution in [1.29, 1.82) is 0 Å². The molecule has 2 aliphatic rings. The van der Waals surface area contributed by atoms with E-state index in [1.54, 1.807) is 0 Å². The molecule has 2 aromatic rings. The molecule has 1 fully saturated rings. The molecular formula is C18H25ClN4O. The summed E-state index contributed by atoms with van der Waals surface area (Å²) >= 11 is 0. The number of rotatable bonds is 2. The highest BCUT2D eigenvalue weighted by atomic mass is 35.5. The van der Waals surface area contributed by atoms with Crippen LogP contribution in [0.15, 0.2) is 18.2 Å². The molecule has 0 spiro atoms. The number of anilines is 1. The third-order valence-electron chi connectivity index (χ3n) is 5.09. The summed E-state index contributed by atoms with van der Waals surface area (Å²) in [6.45, 7) is 2.93. The Morgan fingerprint density at radius 3 is 2.88 bits per heavy atom. The summed E-state index contributed by atoms with van der Waals surface area (Å²) < 4.78 is 2.35. The fraction of sp³-hybridized carbons (Fsp3) is 0.556. The first-order chi connectivity index (χ1) is 11.3. The molecule has 0 bridgehead atoms. The lowest BCUT2D eigenvalue weighted by Crippen LogP contribution is -2.34. The lowest BCUT2D eigenvalue weighted by Gasteiger charge is -2.21. The standard InChI is InChI=1S/C18H24N4O.ClH/c23-18(13-7-9-19-10-8-13)20-14-5-6-16-15(12-14)21-17-4-2-1-3-11-22(16)17;/h5-6,12-13,19H,1-4,7-11H2,(H,20,23);1H. The highest BCUT2D eigenvalue weighted by Gasteiger charge is 2.21. The maximum absolute atomic E-state index is 12.4. The summed E-state index contributed by atoms with van der Waals surface area (Å²) in [6, 6.07) is 6.15. The molecule has 3 heterocycles. The number of benzene rings is 1. The van der Waals surface area contributed by atoms with Gasteiger partial charge >= 0.3 is 0 Å². The fourth-order valence-electron chi connectivity index (χ4n) is 3.76. The van der Waals surface area contributed by atoms with Crippen molar-refractivity contribution in [2.24, 2.45) is 5.92 Å². The normalized spacial score (nSPS) is 18.5. The van der Waals surface area contributed by atoms with Crippen molar-refractivity contribution in [3.8, 4) is 0 Å². The zero-order chi connectivity index (χ0) is 15.6. The van der Waals surface area contributed by atoms with Crippen LogP contribution >= 0.6 is 12.4 Å². The number of fused-ring (bicyclic) bond motifs is 3. The van der Waals surface area contributed by atoms with Crippen LogP contribution in [0.2, 0.25) is 0 Å². The maximum Gasteiger partial charge on any atom is 0.227 e. The van der Waals surface area contributed by atoms with Crippen molar-refractivity contribution in [3.63, 3.8) is 0 Å². The van der Waals surface area contributed by atoms with Gasteiger partial charge in [-0.25, -0.2) is 4.98 Å². The van der Waals surface area contributed by atoms with Crippen LogP contribution in [0.3, 0.4) is 0 Å². The Balaban J connectivity index is 0.00000169. The van der Waals surface area contributed by atoms with Gasteiger partial charge in [0.1, 0.15) is 5.82 Å². The number of nitrogens with zero attached hydrogens (tertiary/aromatic N) is 2. The molecule has 1 saturated heterocycles. The van der Waals surface area contributed by atoms with Crippen LogP contribution in [-0.4, -0.2) is 28.5 Å². The van der Waals surface area contributed by atoms with Gasteiger partial charge in [-0.05, 0) is 57.0 Å². The minimum Gasteiger partial charge on any atom is -0.328 e. The molecule has 2 N–H and O–H groups in total. The molecule has 5 nitrogen and oxygen atoms in total. The molecule has 0 aliphatic carbocycles. The number of aromatic nitrogens is 2. The van der Waals surface area contributed by atoms with Crippen LogP contribution in [-0.2, 0) is 17.8 Å². The molecule has 1 aromatic carbocycles. The number of hydrogen-bond donors (Lipinski definition) is 2. The number of amides is 1. The third-order valence-corrected chi connectivity index (χ3v) is 5.09. The zero-order valence-corrected chi connectivity index (χ0v) is 14.7. The van der Waals surface area contributed by atoms with Crippen molar-refractivity contribution < 1.29 is 4.79 Å². The Morgan fingerprint density at radius 1 is 1.21 bits per heavy atom. The van der Waals surface area contributed by atoms with E-state index in [9.17, 15) is 4.79 Å². The van der Waals surface area contributed by atoms with E-state index in [2.05, 4.69) is 21.3 Å². The largest absolute Gasteiger partial charge is 0.328 e. The minimum atomic E-state index is 0. The highest BCUT2D eigenvalue weighted by molar-refractivity contribution is 5.94. The number of carbonyl (C=O) groups is 1. The van der Waals surface area contributed by atoms with E-state index < -0.39 is 0 Å². The van der Waals surface area contributed by atoms with Gasteiger partial charge in [0.05, 0.1) is 11.0 Å². The second-order valence-corrected chi connectivity index (χ2v) is 6.71. The van der Waals surface area contributed by atoms with Crippen molar-refractivity contribution in [2.45, 2.75) is 45.1 Å². The first-order valence-corrected chi connectivity index (χ1v) is 8.82. The van der Waals surface area contributed by atoms with Gasteiger partial charge in [-0.1, -0.05) is 6.42 Å². The van der Waals surface area contributed by atoms with Crippen LogP contribution < -0.4 is 10.6 Å². The second kappa shape index (κ2) is 7.53. The van der Waals surface area contributed by atoms with Crippen LogP contribution in [0.4, 0.5) is 5.69 Å². The minimum absolute atomic E-state index is 0. The van der Waals surface area contributed by atoms with E-state index in [4.69, 9.17) is 4.98 Å². The number of hydrogen-bond acceptors (Lipinski definition) is 3. The first kappa shape index (κ1) is 17.2. The molecule has 130 valence electrons. The van der Waals surface area contributed by atoms with E-state index in [0.29, 0.717) is 0 Å². The number of piperidine rings is 1. The molecule has 0 atom stereocenters. The molecule has 0 unspecified atom stereocenters. The number of carbonyl (C=O) groups excluding carboxylic acids is 1. The molecule has 4 rings (SSSR count). The number of imidazole rings is 1. The summed E-state index contributed by atoms with van der Waals surface area (Å²) in [5.41, 5.74) is 3.07. The van der Waals surface area contributed by atoms with Crippen molar-refractivity contribution in [2.75, 3.05) is 18.4 Å². The number of aryl methyl sites for hydroxylation is 2. The van der Waals surface area contributed by atoms with Gasteiger partial charge in [-0.15, -0.1) is 12.4 Å². The summed E-state index contributed by atoms with van der Waals surface area (Å²) in [7, 11) is 0. The molecule has 0 saturated carbocycles. The van der Waals surface area contributed by atoms with E-state index >= 15 is 0 Å². The van der Waals surface area contributed by atoms with Crippen LogP contribution in [0, 0.1) is 5.92 Å². The Kier molecular flexibility index (Phi) is 5.41. The summed E-state index contributed by atoms with van der Waals surface area (Å²) in [5, 5.41) is 6.38. The predicted molar refractivity (Wildman–Crippen MR) is 98.8 cm³/mol. The quantitative estimate of drug-likeness (QED) is 0.876. The monoisotopic (exact) mass is 348 g/mol. The highest BCUT2D eigenvalue weighted by Crippen LogP contribution is 2.25. The topological polar surface area (TPSA) is 59.0 Å². The van der Waals surface area contributed by atoms with Crippen molar-refractivity contribution in [3.05, 3.63) is 24.0 Å². The molecular weight excluding hydrogens is 324 g/mol. The lowest BCUT2D eigenvalue weighted by molar-refractivity contribution is -0.120. The van der Waals surface area contributed by atoms with E-state index in [1.807, 2.05) is 12.1 Å². The molecule has 2 aliphatic heterocycles. The lowest BCUT2D eigenvalue weighted by atomic mass is 9.97. The fourth-order valence-corrected chi connectivity index (χ4v) is 3.76. The Bertz CT molecular complexity index is 721. The van der Waals surface area contributed by atoms with Gasteiger partial charge in [0.2, 0.25) is 5.91 Å². The Labute approximate surface area is 148 Å². The summed E-state index contributed by atoms with van der Waals surface area (Å²) in [5.74, 6) is 1.47. The van der Waals surface area contributed by atoms with Gasteiger partial charge in [0, 0.05) is 24.6 Å². The summed E-state index contributed by atoms with van der Waals surface area (Å²) in [6.07, 6.45) is 6.65. The van der Waals surface area contributed by atoms with Gasteiger partial charge in [-0.2, -0.15) is 0 Å². The number of nitrogens with one attached hydrogen (secondary N) is 2. The summed E-state index contributed by atoms with van der Waals surface area (Å²) in [4.78, 5) is 17.2. The molecule has 0 radical (unpaired) electrons. The zero-order valence-electron chi connectivity index (χ0n) is 13.9. The van der Waals surface area contributed by atoms with E-state index in [0.717, 1.165) is 50.1 Å². The average molecular weight is 349 g/mol. The Hall–Kier alpha value is -1.59. The third kappa shape index (κ3) is 3.42. The van der Waals surface area contributed by atoms with E-state index in [-0.39, 0.29) is 24.2 Å². The molecule has 6 heteroatoms. The van der Waals surface area contributed by atoms with Crippen LogP contribution in [0.25, 0.3) is 11.0 Å². The van der Waals surface area contributed by atoms with Gasteiger partial charge in [0.15, 0.2) is 0 Å². The van der Waals surface area contributed by atoms with Crippen molar-refractivity contribution in [1.82, 2.24) is 14.9 Å². The smallest absolute Gasteiger partial charge is 0.227 e. The Morgan fingerprint density at radius 2 is 2.04 bits per heavy atom. The first-order valence-electron chi connectivity index (χ1n) is 8.82. The predicted octanol–water partition coefficient (Wildman–Crippen LogP) is 3.12. The molecule has 24 heavy (non-hydrogen) atoms. The van der Waals surface area contributed by atoms with Crippen LogP contribution in [0.1, 0.15) is 37.9 Å². The van der Waals surface area contributed by atoms with Gasteiger partial charge in [0.25, 0.3) is 0 Å². The molecule has 1 aromatic heterocycles. The average Bonchev–Trinajstić information content (AvgIpc) is 2.76. The molecule has 1 amide bonds. The van der Waals surface area contributed by atoms with Crippen molar-refractivity contribution >= 4 is 35.0 Å². The van der Waals surface area contributed by atoms with Gasteiger partial charge in [-0.3, -0.25) is 4.79 Å². The van der Waals surface area contributed by atoms with Gasteiger partial charge < -0.3 is 15.2 Å². The number of halogens is 1. The SMILES string of the molecule is Cl.O=C(Nc1ccc2c(c1)nc1n2CCCCC1)C1CCNCC1. The van der Waals surface area contributed by atoms with E-state index in [1.165, 1.54) is 30.6 Å². The van der Waals surface area contributed by atoms with Crippen LogP contribution in [0.5, 0.6) is 0 Å². The second-order valence-electron chi connectivity index (χ2n) is 6.71. The maximum atomic E-state index is 12.4.